The van der Waals surface area contributed by atoms with Crippen molar-refractivity contribution in [1.82, 2.24) is 0 Å². The van der Waals surface area contributed by atoms with Gasteiger partial charge < -0.3 is 10.5 Å². The largest absolute Gasteiger partial charge is 0.494 e. The third-order valence-corrected chi connectivity index (χ3v) is 3.63. The van der Waals surface area contributed by atoms with Gasteiger partial charge in [-0.15, -0.1) is 0 Å². The first-order valence-corrected chi connectivity index (χ1v) is 7.22. The summed E-state index contributed by atoms with van der Waals surface area (Å²) in [6.45, 7) is 1.33. The summed E-state index contributed by atoms with van der Waals surface area (Å²) in [6, 6.07) is 18.2. The van der Waals surface area contributed by atoms with Gasteiger partial charge in [-0.1, -0.05) is 46.3 Å². The van der Waals surface area contributed by atoms with Gasteiger partial charge in [0.05, 0.1) is 6.61 Å². The molecule has 2 aromatic rings. The van der Waals surface area contributed by atoms with Gasteiger partial charge in [0.25, 0.3) is 0 Å². The molecule has 1 atom stereocenters. The minimum Gasteiger partial charge on any atom is -0.494 e. The van der Waals surface area contributed by atoms with Crippen LogP contribution in [0, 0.1) is 0 Å². The molecule has 100 valence electrons. The van der Waals surface area contributed by atoms with E-state index in [9.17, 15) is 0 Å². The average molecular weight is 320 g/mol. The maximum absolute atomic E-state index is 5.84. The van der Waals surface area contributed by atoms with E-state index in [2.05, 4.69) is 28.1 Å². The summed E-state index contributed by atoms with van der Waals surface area (Å²) in [5, 5.41) is 0. The molecular formula is C16H18BrNO. The molecule has 0 spiro atoms. The highest BCUT2D eigenvalue weighted by Gasteiger charge is 2.09. The molecule has 0 aromatic heterocycles. The van der Waals surface area contributed by atoms with Gasteiger partial charge in [-0.05, 0) is 48.7 Å². The highest BCUT2D eigenvalue weighted by Crippen LogP contribution is 2.20. The van der Waals surface area contributed by atoms with Crippen molar-refractivity contribution in [1.29, 1.82) is 0 Å². The Labute approximate surface area is 122 Å². The van der Waals surface area contributed by atoms with Crippen molar-refractivity contribution in [2.45, 2.75) is 12.3 Å². The van der Waals surface area contributed by atoms with Crippen molar-refractivity contribution in [2.75, 3.05) is 13.2 Å². The van der Waals surface area contributed by atoms with Crippen LogP contribution in [-0.2, 0) is 0 Å². The number of nitrogens with two attached hydrogens (primary N) is 1. The van der Waals surface area contributed by atoms with Crippen molar-refractivity contribution in [3.63, 3.8) is 0 Å². The third-order valence-electron chi connectivity index (χ3n) is 3.10. The van der Waals surface area contributed by atoms with Crippen LogP contribution in [0.2, 0.25) is 0 Å². The lowest BCUT2D eigenvalue weighted by atomic mass is 9.96. The Morgan fingerprint density at radius 3 is 2.32 bits per heavy atom. The van der Waals surface area contributed by atoms with Crippen LogP contribution in [0.4, 0.5) is 0 Å². The molecule has 2 rings (SSSR count). The van der Waals surface area contributed by atoms with Gasteiger partial charge in [-0.2, -0.15) is 0 Å². The third kappa shape index (κ3) is 4.37. The van der Waals surface area contributed by atoms with Gasteiger partial charge in [0, 0.05) is 4.47 Å². The van der Waals surface area contributed by atoms with E-state index in [1.165, 1.54) is 5.56 Å². The van der Waals surface area contributed by atoms with Gasteiger partial charge >= 0.3 is 0 Å². The fourth-order valence-corrected chi connectivity index (χ4v) is 2.26. The molecular weight excluding hydrogens is 302 g/mol. The standard InChI is InChI=1S/C16H18BrNO/c17-15-6-8-16(9-7-15)19-11-10-14(12-18)13-4-2-1-3-5-13/h1-9,14H,10-12,18H2. The van der Waals surface area contributed by atoms with Crippen LogP contribution in [0.5, 0.6) is 5.75 Å². The number of hydrogen-bond acceptors (Lipinski definition) is 2. The zero-order valence-electron chi connectivity index (χ0n) is 10.8. The molecule has 0 saturated carbocycles. The maximum atomic E-state index is 5.84. The van der Waals surface area contributed by atoms with E-state index in [0.717, 1.165) is 16.6 Å². The zero-order chi connectivity index (χ0) is 13.5. The quantitative estimate of drug-likeness (QED) is 0.874. The molecule has 0 fully saturated rings. The van der Waals surface area contributed by atoms with Crippen LogP contribution in [0.15, 0.2) is 59.1 Å². The van der Waals surface area contributed by atoms with E-state index in [0.29, 0.717) is 19.1 Å². The van der Waals surface area contributed by atoms with Gasteiger partial charge in [-0.25, -0.2) is 0 Å². The summed E-state index contributed by atoms with van der Waals surface area (Å²) in [6.07, 6.45) is 0.927. The van der Waals surface area contributed by atoms with Gasteiger partial charge in [0.15, 0.2) is 0 Å². The predicted octanol–water partition coefficient (Wildman–Crippen LogP) is 3.96. The van der Waals surface area contributed by atoms with Crippen molar-refractivity contribution < 1.29 is 4.74 Å². The molecule has 19 heavy (non-hydrogen) atoms. The SMILES string of the molecule is NCC(CCOc1ccc(Br)cc1)c1ccccc1. The summed E-state index contributed by atoms with van der Waals surface area (Å²) < 4.78 is 6.80. The Morgan fingerprint density at radius 2 is 1.68 bits per heavy atom. The Hall–Kier alpha value is -1.32. The van der Waals surface area contributed by atoms with Gasteiger partial charge in [0.2, 0.25) is 0 Å². The van der Waals surface area contributed by atoms with Crippen LogP contribution in [0.1, 0.15) is 17.9 Å². The van der Waals surface area contributed by atoms with E-state index >= 15 is 0 Å². The molecule has 0 aliphatic heterocycles. The van der Waals surface area contributed by atoms with Crippen LogP contribution in [-0.4, -0.2) is 13.2 Å². The smallest absolute Gasteiger partial charge is 0.119 e. The lowest BCUT2D eigenvalue weighted by Gasteiger charge is -2.15. The highest BCUT2D eigenvalue weighted by atomic mass is 79.9. The van der Waals surface area contributed by atoms with Gasteiger partial charge in [-0.3, -0.25) is 0 Å². The van der Waals surface area contributed by atoms with E-state index in [-0.39, 0.29) is 0 Å². The van der Waals surface area contributed by atoms with E-state index in [4.69, 9.17) is 10.5 Å². The fourth-order valence-electron chi connectivity index (χ4n) is 2.00. The second-order valence-corrected chi connectivity index (χ2v) is 5.35. The minimum atomic E-state index is 0.358. The molecule has 0 aliphatic rings. The molecule has 0 saturated heterocycles. The summed E-state index contributed by atoms with van der Waals surface area (Å²) in [7, 11) is 0. The average Bonchev–Trinajstić information content (AvgIpc) is 2.46. The molecule has 2 nitrogen and oxygen atoms in total. The Bertz CT molecular complexity index is 484. The second kappa shape index (κ2) is 7.31. The first-order valence-electron chi connectivity index (χ1n) is 6.43. The number of halogens is 1. The number of hydrogen-bond donors (Lipinski definition) is 1. The molecule has 3 heteroatoms. The summed E-state index contributed by atoms with van der Waals surface area (Å²) in [5.74, 6) is 1.25. The van der Waals surface area contributed by atoms with Crippen LogP contribution < -0.4 is 10.5 Å². The molecule has 0 amide bonds. The molecule has 1 unspecified atom stereocenters. The van der Waals surface area contributed by atoms with Crippen molar-refractivity contribution in [3.05, 3.63) is 64.6 Å². The topological polar surface area (TPSA) is 35.2 Å². The Morgan fingerprint density at radius 1 is 1.00 bits per heavy atom. The summed E-state index contributed by atoms with van der Waals surface area (Å²) >= 11 is 3.41. The molecule has 0 bridgehead atoms. The van der Waals surface area contributed by atoms with Crippen molar-refractivity contribution in [2.24, 2.45) is 5.73 Å². The number of rotatable bonds is 6. The lowest BCUT2D eigenvalue weighted by molar-refractivity contribution is 0.298. The molecule has 0 radical (unpaired) electrons. The Kier molecular flexibility index (Phi) is 5.43. The molecule has 0 aliphatic carbocycles. The Balaban J connectivity index is 1.85. The lowest BCUT2D eigenvalue weighted by Crippen LogP contribution is -2.15. The zero-order valence-corrected chi connectivity index (χ0v) is 12.3. The normalized spacial score (nSPS) is 12.1. The minimum absolute atomic E-state index is 0.358. The van der Waals surface area contributed by atoms with E-state index < -0.39 is 0 Å². The first kappa shape index (κ1) is 14.1. The molecule has 2 N–H and O–H groups in total. The van der Waals surface area contributed by atoms with E-state index in [1.807, 2.05) is 42.5 Å². The molecule has 2 aromatic carbocycles. The van der Waals surface area contributed by atoms with E-state index in [1.54, 1.807) is 0 Å². The fraction of sp³-hybridized carbons (Fsp3) is 0.250. The maximum Gasteiger partial charge on any atom is 0.119 e. The number of benzene rings is 2. The monoisotopic (exact) mass is 319 g/mol. The van der Waals surface area contributed by atoms with Crippen LogP contribution in [0.3, 0.4) is 0 Å². The van der Waals surface area contributed by atoms with Gasteiger partial charge in [0.1, 0.15) is 5.75 Å². The van der Waals surface area contributed by atoms with Crippen molar-refractivity contribution in [3.8, 4) is 5.75 Å². The van der Waals surface area contributed by atoms with Crippen LogP contribution in [0.25, 0.3) is 0 Å². The molecule has 0 heterocycles. The summed E-state index contributed by atoms with van der Waals surface area (Å²) in [4.78, 5) is 0. The second-order valence-electron chi connectivity index (χ2n) is 4.43. The summed E-state index contributed by atoms with van der Waals surface area (Å²) in [5.41, 5.74) is 7.12. The van der Waals surface area contributed by atoms with Crippen LogP contribution >= 0.6 is 15.9 Å². The predicted molar refractivity (Wildman–Crippen MR) is 82.5 cm³/mol. The van der Waals surface area contributed by atoms with Crippen molar-refractivity contribution >= 4 is 15.9 Å². The number of ether oxygens (including phenoxy) is 1. The highest BCUT2D eigenvalue weighted by molar-refractivity contribution is 9.10. The first-order chi connectivity index (χ1) is 9.29.